The second kappa shape index (κ2) is 5.46. The van der Waals surface area contributed by atoms with E-state index in [1.165, 1.54) is 0 Å². The molecule has 0 radical (unpaired) electrons. The van der Waals surface area contributed by atoms with E-state index < -0.39 is 5.60 Å². The maximum absolute atomic E-state index is 10.2. The highest BCUT2D eigenvalue weighted by Crippen LogP contribution is 2.17. The number of nitrogens with one attached hydrogen (secondary N) is 1. The molecule has 0 amide bonds. The molecule has 1 rings (SSSR count). The summed E-state index contributed by atoms with van der Waals surface area (Å²) < 4.78 is 1.87. The summed E-state index contributed by atoms with van der Waals surface area (Å²) in [7, 11) is 3.83. The molecule has 4 heteroatoms. The molecular formula is C12H23N3O. The highest BCUT2D eigenvalue weighted by atomic mass is 16.3. The van der Waals surface area contributed by atoms with E-state index in [0.29, 0.717) is 6.42 Å². The van der Waals surface area contributed by atoms with Crippen LogP contribution >= 0.6 is 0 Å². The van der Waals surface area contributed by atoms with Crippen LogP contribution < -0.4 is 5.32 Å². The minimum atomic E-state index is -0.665. The van der Waals surface area contributed by atoms with Gasteiger partial charge in [0.25, 0.3) is 0 Å². The largest absolute Gasteiger partial charge is 0.390 e. The molecule has 16 heavy (non-hydrogen) atoms. The van der Waals surface area contributed by atoms with Gasteiger partial charge in [-0.15, -0.1) is 0 Å². The summed E-state index contributed by atoms with van der Waals surface area (Å²) >= 11 is 0. The lowest BCUT2D eigenvalue weighted by molar-refractivity contribution is 0.0502. The Morgan fingerprint density at radius 2 is 2.25 bits per heavy atom. The van der Waals surface area contributed by atoms with Crippen LogP contribution in [0.15, 0.2) is 6.07 Å². The van der Waals surface area contributed by atoms with Gasteiger partial charge in [0.2, 0.25) is 0 Å². The highest BCUT2D eigenvalue weighted by Gasteiger charge is 2.22. The molecule has 0 saturated carbocycles. The number of hydrogen-bond acceptors (Lipinski definition) is 3. The second-order valence-corrected chi connectivity index (χ2v) is 4.63. The van der Waals surface area contributed by atoms with Crippen molar-refractivity contribution in [2.75, 3.05) is 13.6 Å². The molecule has 1 atom stereocenters. The molecule has 1 unspecified atom stereocenters. The number of aromatic nitrogens is 2. The molecule has 0 spiro atoms. The number of rotatable bonds is 6. The number of aliphatic hydroxyl groups is 1. The Bertz CT molecular complexity index is 331. The van der Waals surface area contributed by atoms with Crippen LogP contribution in [0.5, 0.6) is 0 Å². The zero-order valence-electron chi connectivity index (χ0n) is 10.7. The van der Waals surface area contributed by atoms with Crippen molar-refractivity contribution < 1.29 is 5.11 Å². The van der Waals surface area contributed by atoms with E-state index in [1.807, 2.05) is 25.7 Å². The average Bonchev–Trinajstić information content (AvgIpc) is 2.56. The molecule has 0 aliphatic carbocycles. The monoisotopic (exact) mass is 225 g/mol. The third-order valence-corrected chi connectivity index (χ3v) is 2.87. The number of hydrogen-bond donors (Lipinski definition) is 2. The minimum absolute atomic E-state index is 0.651. The van der Waals surface area contributed by atoms with Crippen molar-refractivity contribution in [3.63, 3.8) is 0 Å². The Morgan fingerprint density at radius 3 is 2.75 bits per heavy atom. The van der Waals surface area contributed by atoms with Gasteiger partial charge in [-0.1, -0.05) is 6.92 Å². The van der Waals surface area contributed by atoms with E-state index in [9.17, 15) is 5.11 Å². The van der Waals surface area contributed by atoms with Gasteiger partial charge in [0.05, 0.1) is 11.3 Å². The first-order valence-corrected chi connectivity index (χ1v) is 5.87. The van der Waals surface area contributed by atoms with Gasteiger partial charge < -0.3 is 10.4 Å². The van der Waals surface area contributed by atoms with E-state index in [-0.39, 0.29) is 0 Å². The SMILES string of the molecule is CCc1cc(CC(C)(O)CCNC)n(C)n1. The van der Waals surface area contributed by atoms with Crippen molar-refractivity contribution in [2.24, 2.45) is 7.05 Å². The maximum atomic E-state index is 10.2. The van der Waals surface area contributed by atoms with Gasteiger partial charge in [0, 0.05) is 19.2 Å². The fourth-order valence-electron chi connectivity index (χ4n) is 1.78. The predicted octanol–water partition coefficient (Wildman–Crippen LogP) is 0.885. The molecule has 0 aromatic carbocycles. The third kappa shape index (κ3) is 3.61. The van der Waals surface area contributed by atoms with Crippen LogP contribution in [-0.2, 0) is 19.9 Å². The lowest BCUT2D eigenvalue weighted by atomic mass is 9.96. The first kappa shape index (κ1) is 13.2. The molecule has 1 aromatic rings. The first-order valence-electron chi connectivity index (χ1n) is 5.87. The van der Waals surface area contributed by atoms with Crippen LogP contribution in [-0.4, -0.2) is 34.1 Å². The standard InChI is InChI=1S/C12H23N3O/c1-5-10-8-11(15(4)14-10)9-12(2,16)6-7-13-3/h8,13,16H,5-7,9H2,1-4H3. The molecular weight excluding hydrogens is 202 g/mol. The van der Waals surface area contributed by atoms with Gasteiger partial charge in [0.1, 0.15) is 0 Å². The van der Waals surface area contributed by atoms with E-state index in [2.05, 4.69) is 23.4 Å². The van der Waals surface area contributed by atoms with Crippen LogP contribution in [0.2, 0.25) is 0 Å². The van der Waals surface area contributed by atoms with Gasteiger partial charge in [-0.3, -0.25) is 4.68 Å². The summed E-state index contributed by atoms with van der Waals surface area (Å²) in [5, 5.41) is 17.7. The van der Waals surface area contributed by atoms with Crippen molar-refractivity contribution >= 4 is 0 Å². The van der Waals surface area contributed by atoms with Crippen LogP contribution in [0.3, 0.4) is 0 Å². The van der Waals surface area contributed by atoms with Crippen molar-refractivity contribution in [1.29, 1.82) is 0 Å². The topological polar surface area (TPSA) is 50.1 Å². The van der Waals surface area contributed by atoms with Gasteiger partial charge >= 0.3 is 0 Å². The fraction of sp³-hybridized carbons (Fsp3) is 0.750. The zero-order valence-corrected chi connectivity index (χ0v) is 10.7. The minimum Gasteiger partial charge on any atom is -0.390 e. The van der Waals surface area contributed by atoms with Crippen LogP contribution in [0, 0.1) is 0 Å². The average molecular weight is 225 g/mol. The lowest BCUT2D eigenvalue weighted by Crippen LogP contribution is -2.32. The molecule has 2 N–H and O–H groups in total. The lowest BCUT2D eigenvalue weighted by Gasteiger charge is -2.22. The highest BCUT2D eigenvalue weighted by molar-refractivity contribution is 5.12. The third-order valence-electron chi connectivity index (χ3n) is 2.87. The molecule has 0 fully saturated rings. The smallest absolute Gasteiger partial charge is 0.0686 e. The van der Waals surface area contributed by atoms with Crippen LogP contribution in [0.4, 0.5) is 0 Å². The van der Waals surface area contributed by atoms with Gasteiger partial charge in [-0.05, 0) is 39.4 Å². The van der Waals surface area contributed by atoms with Crippen molar-refractivity contribution in [1.82, 2.24) is 15.1 Å². The summed E-state index contributed by atoms with van der Waals surface area (Å²) in [5.74, 6) is 0. The summed E-state index contributed by atoms with van der Waals surface area (Å²) in [5.41, 5.74) is 1.52. The van der Waals surface area contributed by atoms with Gasteiger partial charge in [-0.25, -0.2) is 0 Å². The number of nitrogens with zero attached hydrogens (tertiary/aromatic N) is 2. The maximum Gasteiger partial charge on any atom is 0.0686 e. The van der Waals surface area contributed by atoms with Crippen molar-refractivity contribution in [3.05, 3.63) is 17.5 Å². The Balaban J connectivity index is 2.67. The van der Waals surface area contributed by atoms with E-state index in [1.54, 1.807) is 0 Å². The molecule has 0 aliphatic rings. The zero-order chi connectivity index (χ0) is 12.2. The Hall–Kier alpha value is -0.870. The predicted molar refractivity (Wildman–Crippen MR) is 65.5 cm³/mol. The van der Waals surface area contributed by atoms with Crippen molar-refractivity contribution in [3.8, 4) is 0 Å². The molecule has 92 valence electrons. The summed E-state index contributed by atoms with van der Waals surface area (Å²) in [6, 6.07) is 2.08. The Kier molecular flexibility index (Phi) is 4.50. The van der Waals surface area contributed by atoms with Crippen LogP contribution in [0.1, 0.15) is 31.7 Å². The van der Waals surface area contributed by atoms with E-state index in [4.69, 9.17) is 0 Å². The Morgan fingerprint density at radius 1 is 1.56 bits per heavy atom. The van der Waals surface area contributed by atoms with Gasteiger partial charge in [-0.2, -0.15) is 5.10 Å². The van der Waals surface area contributed by atoms with E-state index in [0.717, 1.165) is 30.8 Å². The molecule has 1 heterocycles. The van der Waals surface area contributed by atoms with E-state index >= 15 is 0 Å². The molecule has 0 saturated heterocycles. The fourth-order valence-corrected chi connectivity index (χ4v) is 1.78. The van der Waals surface area contributed by atoms with Crippen molar-refractivity contribution in [2.45, 2.75) is 38.7 Å². The first-order chi connectivity index (χ1) is 7.48. The second-order valence-electron chi connectivity index (χ2n) is 4.63. The molecule has 1 aromatic heterocycles. The number of aryl methyl sites for hydroxylation is 2. The summed E-state index contributed by atoms with van der Waals surface area (Å²) in [6.07, 6.45) is 2.33. The molecule has 0 aliphatic heterocycles. The molecule has 4 nitrogen and oxygen atoms in total. The molecule has 0 bridgehead atoms. The normalized spacial score (nSPS) is 15.1. The van der Waals surface area contributed by atoms with Crippen LogP contribution in [0.25, 0.3) is 0 Å². The quantitative estimate of drug-likeness (QED) is 0.756. The summed E-state index contributed by atoms with van der Waals surface area (Å²) in [6.45, 7) is 4.79. The Labute approximate surface area is 97.7 Å². The summed E-state index contributed by atoms with van der Waals surface area (Å²) in [4.78, 5) is 0. The van der Waals surface area contributed by atoms with Gasteiger partial charge in [0.15, 0.2) is 0 Å².